The Bertz CT molecular complexity index is 494. The largest absolute Gasteiger partial charge is 0.484 e. The summed E-state index contributed by atoms with van der Waals surface area (Å²) >= 11 is 0. The number of hydrogen-bond donors (Lipinski definition) is 1. The van der Waals surface area contributed by atoms with Crippen molar-refractivity contribution in [3.63, 3.8) is 0 Å². The van der Waals surface area contributed by atoms with E-state index in [9.17, 15) is 0 Å². The van der Waals surface area contributed by atoms with Crippen LogP contribution < -0.4 is 10.1 Å². The molecule has 19 heavy (non-hydrogen) atoms. The van der Waals surface area contributed by atoms with Crippen molar-refractivity contribution >= 4 is 0 Å². The Balaban J connectivity index is 1.81. The lowest BCUT2D eigenvalue weighted by Gasteiger charge is -2.06. The third-order valence-electron chi connectivity index (χ3n) is 2.61. The van der Waals surface area contributed by atoms with Crippen molar-refractivity contribution in [2.45, 2.75) is 33.4 Å². The minimum atomic E-state index is 0.300. The normalized spacial score (nSPS) is 10.6. The van der Waals surface area contributed by atoms with Gasteiger partial charge >= 0.3 is 0 Å². The predicted octanol–water partition coefficient (Wildman–Crippen LogP) is 2.46. The van der Waals surface area contributed by atoms with Crippen LogP contribution in [0.4, 0.5) is 0 Å². The number of aryl methyl sites for hydroxylation is 1. The zero-order valence-corrected chi connectivity index (χ0v) is 11.3. The molecule has 0 unspecified atom stereocenters. The van der Waals surface area contributed by atoms with Gasteiger partial charge in [-0.05, 0) is 30.7 Å². The summed E-state index contributed by atoms with van der Waals surface area (Å²) in [4.78, 5) is 0. The summed E-state index contributed by atoms with van der Waals surface area (Å²) < 4.78 is 10.8. The molecule has 0 amide bonds. The van der Waals surface area contributed by atoms with Crippen molar-refractivity contribution in [1.29, 1.82) is 0 Å². The summed E-state index contributed by atoms with van der Waals surface area (Å²) in [7, 11) is 0. The molecule has 0 saturated carbocycles. The van der Waals surface area contributed by atoms with Gasteiger partial charge in [-0.1, -0.05) is 19.1 Å². The standard InChI is InChI=1S/C14H19N3O2/c1-3-8-15-9-12-4-6-13(7-5-12)18-10-14-17-16-11(2)19-14/h4-7,15H,3,8-10H2,1-2H3. The van der Waals surface area contributed by atoms with Gasteiger partial charge in [-0.15, -0.1) is 10.2 Å². The van der Waals surface area contributed by atoms with E-state index in [4.69, 9.17) is 9.15 Å². The molecule has 1 aromatic heterocycles. The van der Waals surface area contributed by atoms with Crippen molar-refractivity contribution in [3.05, 3.63) is 41.6 Å². The summed E-state index contributed by atoms with van der Waals surface area (Å²) in [6.45, 7) is 6.14. The lowest BCUT2D eigenvalue weighted by atomic mass is 10.2. The molecule has 0 aliphatic heterocycles. The summed E-state index contributed by atoms with van der Waals surface area (Å²) in [5.41, 5.74) is 1.24. The fourth-order valence-corrected chi connectivity index (χ4v) is 1.65. The maximum Gasteiger partial charge on any atom is 0.253 e. The Kier molecular flexibility index (Phi) is 4.92. The molecule has 2 aromatic rings. The van der Waals surface area contributed by atoms with Crippen LogP contribution in [-0.4, -0.2) is 16.7 Å². The zero-order valence-electron chi connectivity index (χ0n) is 11.3. The third kappa shape index (κ3) is 4.37. The van der Waals surface area contributed by atoms with Gasteiger partial charge in [0, 0.05) is 13.5 Å². The van der Waals surface area contributed by atoms with E-state index in [2.05, 4.69) is 34.6 Å². The van der Waals surface area contributed by atoms with Gasteiger partial charge in [0.15, 0.2) is 6.61 Å². The molecule has 2 rings (SSSR count). The molecule has 1 N–H and O–H groups in total. The molecule has 0 aliphatic carbocycles. The first kappa shape index (κ1) is 13.5. The van der Waals surface area contributed by atoms with E-state index in [1.165, 1.54) is 5.56 Å². The van der Waals surface area contributed by atoms with Crippen molar-refractivity contribution < 1.29 is 9.15 Å². The highest BCUT2D eigenvalue weighted by molar-refractivity contribution is 5.27. The average molecular weight is 261 g/mol. The van der Waals surface area contributed by atoms with E-state index in [1.807, 2.05) is 12.1 Å². The average Bonchev–Trinajstić information content (AvgIpc) is 2.84. The molecule has 5 nitrogen and oxygen atoms in total. The number of aromatic nitrogens is 2. The Morgan fingerprint density at radius 1 is 1.21 bits per heavy atom. The Morgan fingerprint density at radius 3 is 2.63 bits per heavy atom. The number of nitrogens with one attached hydrogen (secondary N) is 1. The molecule has 0 saturated heterocycles. The van der Waals surface area contributed by atoms with E-state index in [-0.39, 0.29) is 0 Å². The summed E-state index contributed by atoms with van der Waals surface area (Å²) in [6, 6.07) is 8.01. The highest BCUT2D eigenvalue weighted by Gasteiger charge is 2.03. The van der Waals surface area contributed by atoms with Gasteiger partial charge in [-0.25, -0.2) is 0 Å². The third-order valence-corrected chi connectivity index (χ3v) is 2.61. The molecule has 0 radical (unpaired) electrons. The summed E-state index contributed by atoms with van der Waals surface area (Å²) in [5.74, 6) is 1.84. The van der Waals surface area contributed by atoms with Gasteiger partial charge in [-0.3, -0.25) is 0 Å². The van der Waals surface area contributed by atoms with E-state index in [0.29, 0.717) is 18.4 Å². The molecule has 1 heterocycles. The second-order valence-corrected chi connectivity index (χ2v) is 4.32. The van der Waals surface area contributed by atoms with E-state index >= 15 is 0 Å². The molecule has 5 heteroatoms. The van der Waals surface area contributed by atoms with Gasteiger partial charge in [0.1, 0.15) is 5.75 Å². The van der Waals surface area contributed by atoms with E-state index < -0.39 is 0 Å². The molecule has 0 atom stereocenters. The van der Waals surface area contributed by atoms with E-state index in [0.717, 1.165) is 25.3 Å². The fourth-order valence-electron chi connectivity index (χ4n) is 1.65. The molecular weight excluding hydrogens is 242 g/mol. The van der Waals surface area contributed by atoms with Gasteiger partial charge < -0.3 is 14.5 Å². The quantitative estimate of drug-likeness (QED) is 0.776. The van der Waals surface area contributed by atoms with Gasteiger partial charge in [-0.2, -0.15) is 0 Å². The van der Waals surface area contributed by atoms with Crippen molar-refractivity contribution in [2.75, 3.05) is 6.54 Å². The molecule has 0 fully saturated rings. The van der Waals surface area contributed by atoms with Crippen LogP contribution in [0.2, 0.25) is 0 Å². The van der Waals surface area contributed by atoms with Crippen LogP contribution in [0.25, 0.3) is 0 Å². The summed E-state index contributed by atoms with van der Waals surface area (Å²) in [6.07, 6.45) is 1.14. The molecular formula is C14H19N3O2. The first-order valence-electron chi connectivity index (χ1n) is 6.49. The number of rotatable bonds is 7. The van der Waals surface area contributed by atoms with Crippen molar-refractivity contribution in [3.8, 4) is 5.75 Å². The zero-order chi connectivity index (χ0) is 13.5. The fraction of sp³-hybridized carbons (Fsp3) is 0.429. The predicted molar refractivity (Wildman–Crippen MR) is 71.8 cm³/mol. The number of ether oxygens (including phenoxy) is 1. The van der Waals surface area contributed by atoms with Crippen molar-refractivity contribution in [1.82, 2.24) is 15.5 Å². The second-order valence-electron chi connectivity index (χ2n) is 4.32. The molecule has 0 spiro atoms. The Hall–Kier alpha value is -1.88. The maximum atomic E-state index is 5.57. The Morgan fingerprint density at radius 2 is 2.00 bits per heavy atom. The summed E-state index contributed by atoms with van der Waals surface area (Å²) in [5, 5.41) is 11.0. The second kappa shape index (κ2) is 6.89. The van der Waals surface area contributed by atoms with Crippen LogP contribution in [0.5, 0.6) is 5.75 Å². The van der Waals surface area contributed by atoms with Gasteiger partial charge in [0.25, 0.3) is 5.89 Å². The van der Waals surface area contributed by atoms with Gasteiger partial charge in [0.05, 0.1) is 0 Å². The number of nitrogens with zero attached hydrogens (tertiary/aromatic N) is 2. The highest BCUT2D eigenvalue weighted by atomic mass is 16.5. The molecule has 0 bridgehead atoms. The minimum absolute atomic E-state index is 0.300. The maximum absolute atomic E-state index is 5.57. The van der Waals surface area contributed by atoms with Crippen LogP contribution in [-0.2, 0) is 13.2 Å². The first-order chi connectivity index (χ1) is 9.28. The monoisotopic (exact) mass is 261 g/mol. The molecule has 0 aliphatic rings. The lowest BCUT2D eigenvalue weighted by molar-refractivity contribution is 0.260. The SMILES string of the molecule is CCCNCc1ccc(OCc2nnc(C)o2)cc1. The van der Waals surface area contributed by atoms with Crippen LogP contribution in [0.3, 0.4) is 0 Å². The Labute approximate surface area is 113 Å². The minimum Gasteiger partial charge on any atom is -0.484 e. The van der Waals surface area contributed by atoms with Crippen LogP contribution in [0, 0.1) is 6.92 Å². The van der Waals surface area contributed by atoms with E-state index in [1.54, 1.807) is 6.92 Å². The highest BCUT2D eigenvalue weighted by Crippen LogP contribution is 2.13. The smallest absolute Gasteiger partial charge is 0.253 e. The number of hydrogen-bond acceptors (Lipinski definition) is 5. The first-order valence-corrected chi connectivity index (χ1v) is 6.49. The van der Waals surface area contributed by atoms with Crippen LogP contribution in [0.15, 0.2) is 28.7 Å². The lowest BCUT2D eigenvalue weighted by Crippen LogP contribution is -2.13. The van der Waals surface area contributed by atoms with Crippen molar-refractivity contribution in [2.24, 2.45) is 0 Å². The number of benzene rings is 1. The molecule has 102 valence electrons. The van der Waals surface area contributed by atoms with Crippen LogP contribution in [0.1, 0.15) is 30.7 Å². The molecule has 1 aromatic carbocycles. The van der Waals surface area contributed by atoms with Crippen LogP contribution >= 0.6 is 0 Å². The van der Waals surface area contributed by atoms with Gasteiger partial charge in [0.2, 0.25) is 5.89 Å². The topological polar surface area (TPSA) is 60.2 Å².